The average molecular weight is 278 g/mol. The van der Waals surface area contributed by atoms with Crippen molar-refractivity contribution in [1.29, 1.82) is 0 Å². The number of carbonyl (C=O) groups is 2. The zero-order valence-electron chi connectivity index (χ0n) is 12.0. The van der Waals surface area contributed by atoms with Crippen LogP contribution in [0.1, 0.15) is 31.4 Å². The van der Waals surface area contributed by atoms with Crippen LogP contribution in [0.15, 0.2) is 30.3 Å². The Labute approximate surface area is 119 Å². The molecule has 1 unspecified atom stereocenters. The zero-order valence-corrected chi connectivity index (χ0v) is 12.0. The monoisotopic (exact) mass is 278 g/mol. The number of nitrogens with zero attached hydrogens (tertiary/aromatic N) is 1. The van der Waals surface area contributed by atoms with E-state index >= 15 is 0 Å². The van der Waals surface area contributed by atoms with Gasteiger partial charge in [0.1, 0.15) is 6.04 Å². The van der Waals surface area contributed by atoms with Crippen molar-refractivity contribution >= 4 is 11.9 Å². The third-order valence-corrected chi connectivity index (χ3v) is 3.17. The van der Waals surface area contributed by atoms with Gasteiger partial charge in [0.05, 0.1) is 0 Å². The van der Waals surface area contributed by atoms with E-state index in [-0.39, 0.29) is 18.4 Å². The first-order chi connectivity index (χ1) is 9.56. The Morgan fingerprint density at radius 1 is 1.30 bits per heavy atom. The van der Waals surface area contributed by atoms with Crippen LogP contribution in [-0.2, 0) is 9.59 Å². The van der Waals surface area contributed by atoms with Crippen LogP contribution < -0.4 is 5.32 Å². The first-order valence-electron chi connectivity index (χ1n) is 6.81. The molecule has 0 radical (unpaired) electrons. The second-order valence-corrected chi connectivity index (χ2v) is 4.67. The predicted octanol–water partition coefficient (Wildman–Crippen LogP) is 1.66. The smallest absolute Gasteiger partial charge is 0.303 e. The lowest BCUT2D eigenvalue weighted by atomic mass is 10.0. The number of nitrogens with one attached hydrogen (secondary N) is 1. The van der Waals surface area contributed by atoms with Crippen molar-refractivity contribution in [1.82, 2.24) is 10.2 Å². The molecule has 0 saturated carbocycles. The summed E-state index contributed by atoms with van der Waals surface area (Å²) >= 11 is 0. The summed E-state index contributed by atoms with van der Waals surface area (Å²) in [5.74, 6) is -0.935. The summed E-state index contributed by atoms with van der Waals surface area (Å²) in [7, 11) is 1.90. The molecule has 0 spiro atoms. The number of carboxylic acids is 1. The first kappa shape index (κ1) is 16.2. The molecule has 0 aliphatic carbocycles. The summed E-state index contributed by atoms with van der Waals surface area (Å²) in [4.78, 5) is 24.7. The van der Waals surface area contributed by atoms with Crippen LogP contribution in [0.3, 0.4) is 0 Å². The molecular weight excluding hydrogens is 256 g/mol. The van der Waals surface area contributed by atoms with E-state index in [1.807, 2.05) is 49.2 Å². The molecule has 1 aromatic carbocycles. The van der Waals surface area contributed by atoms with E-state index in [4.69, 9.17) is 5.11 Å². The van der Waals surface area contributed by atoms with E-state index in [0.717, 1.165) is 12.1 Å². The Kier molecular flexibility index (Phi) is 6.73. The quantitative estimate of drug-likeness (QED) is 0.710. The van der Waals surface area contributed by atoms with E-state index in [2.05, 4.69) is 5.32 Å². The van der Waals surface area contributed by atoms with Crippen molar-refractivity contribution in [2.75, 3.05) is 20.1 Å². The zero-order chi connectivity index (χ0) is 15.0. The summed E-state index contributed by atoms with van der Waals surface area (Å²) in [5, 5.41) is 11.4. The fourth-order valence-corrected chi connectivity index (χ4v) is 1.97. The topological polar surface area (TPSA) is 69.6 Å². The van der Waals surface area contributed by atoms with Crippen molar-refractivity contribution in [2.24, 2.45) is 0 Å². The van der Waals surface area contributed by atoms with E-state index < -0.39 is 5.97 Å². The normalized spacial score (nSPS) is 12.2. The highest BCUT2D eigenvalue weighted by molar-refractivity contribution is 5.83. The molecule has 0 aliphatic rings. The molecule has 0 saturated heterocycles. The van der Waals surface area contributed by atoms with Gasteiger partial charge in [0.2, 0.25) is 5.91 Å². The molecule has 0 bridgehead atoms. The standard InChI is InChI=1S/C15H22N2O3/c1-3-17(2)14(12-8-5-4-6-9-12)15(20)16-11-7-10-13(18)19/h4-6,8-9,14H,3,7,10-11H2,1-2H3,(H,16,20)(H,18,19). The van der Waals surface area contributed by atoms with Gasteiger partial charge in [-0.25, -0.2) is 0 Å². The minimum absolute atomic E-state index is 0.0693. The highest BCUT2D eigenvalue weighted by Crippen LogP contribution is 2.19. The molecule has 1 rings (SSSR count). The lowest BCUT2D eigenvalue weighted by molar-refractivity contribution is -0.137. The van der Waals surface area contributed by atoms with Gasteiger partial charge in [0, 0.05) is 13.0 Å². The molecule has 0 fully saturated rings. The number of aliphatic carboxylic acids is 1. The van der Waals surface area contributed by atoms with Gasteiger partial charge in [-0.05, 0) is 25.6 Å². The number of carbonyl (C=O) groups excluding carboxylic acids is 1. The predicted molar refractivity (Wildman–Crippen MR) is 77.4 cm³/mol. The van der Waals surface area contributed by atoms with Gasteiger partial charge in [-0.2, -0.15) is 0 Å². The Bertz CT molecular complexity index is 434. The number of carboxylic acid groups (broad SMARTS) is 1. The van der Waals surface area contributed by atoms with Crippen LogP contribution in [0.2, 0.25) is 0 Å². The number of hydrogen-bond acceptors (Lipinski definition) is 3. The molecule has 5 heteroatoms. The van der Waals surface area contributed by atoms with Crippen molar-refractivity contribution in [3.63, 3.8) is 0 Å². The van der Waals surface area contributed by atoms with E-state index in [0.29, 0.717) is 13.0 Å². The molecule has 5 nitrogen and oxygen atoms in total. The average Bonchev–Trinajstić information content (AvgIpc) is 2.44. The molecule has 1 aromatic rings. The fraction of sp³-hybridized carbons (Fsp3) is 0.467. The van der Waals surface area contributed by atoms with Crippen LogP contribution in [0, 0.1) is 0 Å². The summed E-state index contributed by atoms with van der Waals surface area (Å²) in [5.41, 5.74) is 0.938. The van der Waals surface area contributed by atoms with Gasteiger partial charge in [0.25, 0.3) is 0 Å². The van der Waals surface area contributed by atoms with Crippen molar-refractivity contribution in [3.8, 4) is 0 Å². The van der Waals surface area contributed by atoms with Crippen molar-refractivity contribution in [3.05, 3.63) is 35.9 Å². The first-order valence-corrected chi connectivity index (χ1v) is 6.81. The number of hydrogen-bond donors (Lipinski definition) is 2. The Morgan fingerprint density at radius 3 is 2.50 bits per heavy atom. The molecule has 20 heavy (non-hydrogen) atoms. The van der Waals surface area contributed by atoms with Crippen LogP contribution in [0.5, 0.6) is 0 Å². The summed E-state index contributed by atoms with van der Waals surface area (Å²) < 4.78 is 0. The van der Waals surface area contributed by atoms with Gasteiger partial charge < -0.3 is 10.4 Å². The second-order valence-electron chi connectivity index (χ2n) is 4.67. The van der Waals surface area contributed by atoms with Crippen molar-refractivity contribution in [2.45, 2.75) is 25.8 Å². The maximum atomic E-state index is 12.3. The Balaban J connectivity index is 2.64. The Morgan fingerprint density at radius 2 is 1.95 bits per heavy atom. The van der Waals surface area contributed by atoms with Gasteiger partial charge in [-0.3, -0.25) is 14.5 Å². The number of benzene rings is 1. The number of amides is 1. The van der Waals surface area contributed by atoms with E-state index in [1.54, 1.807) is 0 Å². The molecule has 0 heterocycles. The maximum absolute atomic E-state index is 12.3. The third kappa shape index (κ3) is 5.01. The fourth-order valence-electron chi connectivity index (χ4n) is 1.97. The van der Waals surface area contributed by atoms with Gasteiger partial charge in [0.15, 0.2) is 0 Å². The number of likely N-dealkylation sites (N-methyl/N-ethyl adjacent to an activating group) is 1. The molecule has 1 amide bonds. The van der Waals surface area contributed by atoms with Crippen LogP contribution in [0.4, 0.5) is 0 Å². The maximum Gasteiger partial charge on any atom is 0.303 e. The minimum atomic E-state index is -0.843. The molecule has 2 N–H and O–H groups in total. The van der Waals surface area contributed by atoms with E-state index in [1.165, 1.54) is 0 Å². The molecular formula is C15H22N2O3. The summed E-state index contributed by atoms with van der Waals surface area (Å²) in [6.45, 7) is 3.13. The lowest BCUT2D eigenvalue weighted by Crippen LogP contribution is -2.39. The molecule has 1 atom stereocenters. The summed E-state index contributed by atoms with van der Waals surface area (Å²) in [6.07, 6.45) is 0.512. The van der Waals surface area contributed by atoms with E-state index in [9.17, 15) is 9.59 Å². The highest BCUT2D eigenvalue weighted by Gasteiger charge is 2.23. The molecule has 110 valence electrons. The van der Waals surface area contributed by atoms with Crippen LogP contribution in [-0.4, -0.2) is 42.0 Å². The van der Waals surface area contributed by atoms with Gasteiger partial charge >= 0.3 is 5.97 Å². The summed E-state index contributed by atoms with van der Waals surface area (Å²) in [6, 6.07) is 9.23. The SMILES string of the molecule is CCN(C)C(C(=O)NCCCC(=O)O)c1ccccc1. The largest absolute Gasteiger partial charge is 0.481 e. The molecule has 0 aromatic heterocycles. The van der Waals surface area contributed by atoms with Crippen molar-refractivity contribution < 1.29 is 14.7 Å². The second kappa shape index (κ2) is 8.32. The number of rotatable bonds is 8. The lowest BCUT2D eigenvalue weighted by Gasteiger charge is -2.26. The van der Waals surface area contributed by atoms with Gasteiger partial charge in [-0.15, -0.1) is 0 Å². The Hall–Kier alpha value is -1.88. The minimum Gasteiger partial charge on any atom is -0.481 e. The molecule has 0 aliphatic heterocycles. The third-order valence-electron chi connectivity index (χ3n) is 3.17. The highest BCUT2D eigenvalue weighted by atomic mass is 16.4. The van der Waals surface area contributed by atoms with Crippen LogP contribution >= 0.6 is 0 Å². The van der Waals surface area contributed by atoms with Gasteiger partial charge in [-0.1, -0.05) is 37.3 Å². The van der Waals surface area contributed by atoms with Crippen LogP contribution in [0.25, 0.3) is 0 Å².